The topological polar surface area (TPSA) is 145 Å². The third kappa shape index (κ3) is 24.6. The van der Waals surface area contributed by atoms with Crippen molar-refractivity contribution in [2.24, 2.45) is 0 Å². The average molecular weight is 246 g/mol. The van der Waals surface area contributed by atoms with Crippen molar-refractivity contribution in [3.05, 3.63) is 0 Å². The van der Waals surface area contributed by atoms with Crippen molar-refractivity contribution in [3.63, 3.8) is 0 Å². The van der Waals surface area contributed by atoms with E-state index in [1.807, 2.05) is 0 Å². The van der Waals surface area contributed by atoms with Gasteiger partial charge in [-0.3, -0.25) is 0 Å². The zero-order chi connectivity index (χ0) is 11.1. The second-order valence-corrected chi connectivity index (χ2v) is 5.40. The minimum absolute atomic E-state index is 0.381. The summed E-state index contributed by atoms with van der Waals surface area (Å²) in [5.41, 5.74) is 0. The molecule has 0 bridgehead atoms. The van der Waals surface area contributed by atoms with Crippen LogP contribution in [0.25, 0.3) is 0 Å². The monoisotopic (exact) mass is 246 g/mol. The first-order valence-electron chi connectivity index (χ1n) is 3.05. The van der Waals surface area contributed by atoms with Crippen molar-refractivity contribution in [2.75, 3.05) is 6.61 Å². The van der Waals surface area contributed by atoms with Gasteiger partial charge < -0.3 is 19.6 Å². The number of aliphatic hydroxyl groups is 1. The molecule has 0 spiro atoms. The summed E-state index contributed by atoms with van der Waals surface area (Å²) in [5, 5.41) is 7.91. The van der Waals surface area contributed by atoms with Gasteiger partial charge in [-0.2, -0.15) is 4.31 Å². The van der Waals surface area contributed by atoms with Gasteiger partial charge in [-0.25, -0.2) is 9.13 Å². The molecule has 0 aliphatic heterocycles. The van der Waals surface area contributed by atoms with Crippen molar-refractivity contribution in [1.82, 2.24) is 0 Å². The van der Waals surface area contributed by atoms with Gasteiger partial charge in [0.05, 0.1) is 0 Å². The molecule has 0 aromatic rings. The van der Waals surface area contributed by atoms with Crippen LogP contribution in [0.1, 0.15) is 0 Å². The van der Waals surface area contributed by atoms with Gasteiger partial charge in [-0.15, -0.1) is 0 Å². The van der Waals surface area contributed by atoms with E-state index in [4.69, 9.17) is 24.7 Å². The molecular formula is C2H9NaO8P2. The quantitative estimate of drug-likeness (QED) is 0.307. The van der Waals surface area contributed by atoms with Gasteiger partial charge in [-0.1, -0.05) is 0 Å². The van der Waals surface area contributed by atoms with Crippen LogP contribution in [-0.2, 0) is 13.4 Å². The molecule has 0 heterocycles. The van der Waals surface area contributed by atoms with Gasteiger partial charge in [0.25, 0.3) is 0 Å². The fraction of sp³-hybridized carbons (Fsp3) is 1.00. The average Bonchev–Trinajstić information content (AvgIpc) is 1.80. The van der Waals surface area contributed by atoms with Crippen LogP contribution in [0, 0.1) is 0 Å². The summed E-state index contributed by atoms with van der Waals surface area (Å²) in [7, 11) is -10.1. The molecule has 0 atom stereocenters. The Hall–Kier alpha value is 1.22. The van der Waals surface area contributed by atoms with Crippen molar-refractivity contribution < 1.29 is 38.1 Å². The molecule has 0 saturated heterocycles. The molecule has 0 amide bonds. The first-order chi connectivity index (χ1) is 5.62. The van der Waals surface area contributed by atoms with E-state index in [1.54, 1.807) is 0 Å². The van der Waals surface area contributed by atoms with Gasteiger partial charge in [0, 0.05) is 0 Å². The van der Waals surface area contributed by atoms with Crippen LogP contribution in [0.2, 0.25) is 3.67 Å². The Kier molecular flexibility index (Phi) is 9.61. The zero-order valence-electron chi connectivity index (χ0n) is 6.77. The maximum absolute atomic E-state index is 9.63. The summed E-state index contributed by atoms with van der Waals surface area (Å²) in [6, 6.07) is 0. The van der Waals surface area contributed by atoms with E-state index in [0.717, 1.165) is 31.6 Å². The fourth-order valence-corrected chi connectivity index (χ4v) is 1.25. The molecular weight excluding hydrogens is 237 g/mol. The Morgan fingerprint density at radius 1 is 1.08 bits per heavy atom. The van der Waals surface area contributed by atoms with E-state index >= 15 is 0 Å². The van der Waals surface area contributed by atoms with Crippen molar-refractivity contribution >= 4 is 43.6 Å². The number of hydrogen-bond donors (Lipinski definition) is 5. The number of aliphatic hydroxyl groups excluding tert-OH is 1. The number of hydrogen-bond acceptors (Lipinski definition) is 4. The molecule has 8 nitrogen and oxygen atoms in total. The summed E-state index contributed by atoms with van der Waals surface area (Å²) in [5.74, 6) is 0. The van der Waals surface area contributed by atoms with E-state index in [0.29, 0.717) is 6.61 Å². The van der Waals surface area contributed by atoms with E-state index in [2.05, 4.69) is 4.31 Å². The molecule has 0 aromatic carbocycles. The third-order valence-electron chi connectivity index (χ3n) is 0.436. The molecule has 0 fully saturated rings. The summed E-state index contributed by atoms with van der Waals surface area (Å²) in [6.07, 6.45) is 0. The van der Waals surface area contributed by atoms with E-state index in [1.165, 1.54) is 0 Å². The molecule has 11 heteroatoms. The molecule has 0 aromatic heterocycles. The molecule has 0 unspecified atom stereocenters. The van der Waals surface area contributed by atoms with Crippen LogP contribution < -0.4 is 0 Å². The van der Waals surface area contributed by atoms with Crippen LogP contribution in [0.15, 0.2) is 0 Å². The SMILES string of the molecule is O=P(O)(O)OP(=O)(O)O.OC[CH2][Na]. The van der Waals surface area contributed by atoms with Gasteiger partial charge >= 0.3 is 59.0 Å². The Labute approximate surface area is 91.8 Å². The summed E-state index contributed by atoms with van der Waals surface area (Å²) >= 11 is 1.14. The zero-order valence-corrected chi connectivity index (χ0v) is 10.6. The molecule has 5 N–H and O–H groups in total. The van der Waals surface area contributed by atoms with Crippen LogP contribution in [-0.4, -0.2) is 59.2 Å². The van der Waals surface area contributed by atoms with Crippen molar-refractivity contribution in [3.8, 4) is 0 Å². The molecule has 0 aliphatic carbocycles. The van der Waals surface area contributed by atoms with Gasteiger partial charge in [-0.05, 0) is 0 Å². The Balaban J connectivity index is 0. The second-order valence-electron chi connectivity index (χ2n) is 1.79. The Bertz CT molecular complexity index is 182. The predicted molar refractivity (Wildman–Crippen MR) is 42.8 cm³/mol. The van der Waals surface area contributed by atoms with Crippen molar-refractivity contribution in [2.45, 2.75) is 3.67 Å². The Morgan fingerprint density at radius 2 is 1.31 bits per heavy atom. The second kappa shape index (κ2) is 7.50. The fourth-order valence-electron chi connectivity index (χ4n) is 0.139. The summed E-state index contributed by atoms with van der Waals surface area (Å²) in [4.78, 5) is 31.0. The predicted octanol–water partition coefficient (Wildman–Crippen LogP) is -1.25. The first-order valence-corrected chi connectivity index (χ1v) is 7.53. The molecule has 0 rings (SSSR count). The summed E-state index contributed by atoms with van der Waals surface area (Å²) < 4.78 is 23.2. The number of rotatable bonds is 3. The molecule has 0 aliphatic rings. The molecule has 0 saturated carbocycles. The number of phosphoric acid groups is 2. The standard InChI is InChI=1S/C2H5O.Na.H4O7P2/c1-2-3;;1-8(2,3)7-9(4,5)6/h3H,1-2H2;;(H2,1,2,3)(H2,4,5,6). The molecule has 13 heavy (non-hydrogen) atoms. The van der Waals surface area contributed by atoms with Gasteiger partial charge in [0.15, 0.2) is 0 Å². The van der Waals surface area contributed by atoms with Crippen LogP contribution in [0.4, 0.5) is 0 Å². The maximum atomic E-state index is 9.63. The minimum atomic E-state index is -5.05. The first kappa shape index (κ1) is 16.6. The summed E-state index contributed by atoms with van der Waals surface area (Å²) in [6.45, 7) is 0.381. The van der Waals surface area contributed by atoms with Gasteiger partial charge in [0.1, 0.15) is 0 Å². The third-order valence-corrected chi connectivity index (χ3v) is 2.59. The molecule has 0 radical (unpaired) electrons. The van der Waals surface area contributed by atoms with E-state index in [9.17, 15) is 9.13 Å². The van der Waals surface area contributed by atoms with Crippen molar-refractivity contribution in [1.29, 1.82) is 0 Å². The van der Waals surface area contributed by atoms with E-state index in [-0.39, 0.29) is 0 Å². The van der Waals surface area contributed by atoms with E-state index < -0.39 is 15.6 Å². The normalized spacial score (nSPS) is 11.9. The Morgan fingerprint density at radius 3 is 1.31 bits per heavy atom. The molecule has 76 valence electrons. The van der Waals surface area contributed by atoms with Crippen LogP contribution in [0.5, 0.6) is 0 Å². The van der Waals surface area contributed by atoms with Crippen LogP contribution in [0.3, 0.4) is 0 Å². The van der Waals surface area contributed by atoms with Crippen LogP contribution >= 0.6 is 15.6 Å². The van der Waals surface area contributed by atoms with Gasteiger partial charge in [0.2, 0.25) is 0 Å².